The van der Waals surface area contributed by atoms with Gasteiger partial charge >= 0.3 is 0 Å². The van der Waals surface area contributed by atoms with Gasteiger partial charge in [-0.25, -0.2) is 9.67 Å². The van der Waals surface area contributed by atoms with E-state index >= 15 is 0 Å². The van der Waals surface area contributed by atoms with Gasteiger partial charge in [-0.05, 0) is 24.5 Å². The molecule has 0 spiro atoms. The summed E-state index contributed by atoms with van der Waals surface area (Å²) in [5.74, 6) is 1.12. The van der Waals surface area contributed by atoms with E-state index in [1.54, 1.807) is 10.9 Å². The zero-order valence-corrected chi connectivity index (χ0v) is 11.2. The zero-order valence-electron chi connectivity index (χ0n) is 10.5. The van der Waals surface area contributed by atoms with Crippen LogP contribution in [-0.4, -0.2) is 19.9 Å². The minimum atomic E-state index is -0.103. The fourth-order valence-electron chi connectivity index (χ4n) is 1.81. The Labute approximate surface area is 111 Å². The van der Waals surface area contributed by atoms with Gasteiger partial charge in [0, 0.05) is 11.8 Å². The Bertz CT molecular complexity index is 523. The van der Waals surface area contributed by atoms with Gasteiger partial charge in [0.15, 0.2) is 5.82 Å². The van der Waals surface area contributed by atoms with E-state index in [9.17, 15) is 5.11 Å². The Hall–Kier alpha value is -1.39. The molecule has 0 unspecified atom stereocenters. The molecular weight excluding hydrogens is 250 g/mol. The molecule has 2 aromatic heterocycles. The number of nitrogens with zero attached hydrogens (tertiary/aromatic N) is 3. The molecular formula is C13H16ClN3O. The van der Waals surface area contributed by atoms with Crippen LogP contribution in [0.5, 0.6) is 0 Å². The summed E-state index contributed by atoms with van der Waals surface area (Å²) in [5.41, 5.74) is 1.53. The lowest BCUT2D eigenvalue weighted by atomic mass is 10.1. The molecule has 1 N–H and O–H groups in total. The summed E-state index contributed by atoms with van der Waals surface area (Å²) in [6.07, 6.45) is 2.48. The predicted molar refractivity (Wildman–Crippen MR) is 70.8 cm³/mol. The fraction of sp³-hybridized carbons (Fsp3) is 0.385. The monoisotopic (exact) mass is 265 g/mol. The highest BCUT2D eigenvalue weighted by Crippen LogP contribution is 2.24. The third-order valence-corrected chi connectivity index (χ3v) is 3.02. The van der Waals surface area contributed by atoms with E-state index in [0.29, 0.717) is 22.5 Å². The molecule has 0 aliphatic heterocycles. The number of aliphatic hydroxyl groups is 1. The van der Waals surface area contributed by atoms with Gasteiger partial charge in [-0.3, -0.25) is 0 Å². The smallest absolute Gasteiger partial charge is 0.155 e. The molecule has 4 nitrogen and oxygen atoms in total. The lowest BCUT2D eigenvalue weighted by Crippen LogP contribution is -2.01. The normalized spacial score (nSPS) is 11.2. The van der Waals surface area contributed by atoms with Crippen LogP contribution in [0.4, 0.5) is 0 Å². The van der Waals surface area contributed by atoms with Gasteiger partial charge in [0.05, 0.1) is 12.3 Å². The van der Waals surface area contributed by atoms with Crippen LogP contribution in [0.15, 0.2) is 24.4 Å². The van der Waals surface area contributed by atoms with E-state index in [-0.39, 0.29) is 6.61 Å². The lowest BCUT2D eigenvalue weighted by Gasteiger charge is -2.02. The number of hydrogen-bond donors (Lipinski definition) is 1. The molecule has 5 heteroatoms. The number of pyridine rings is 1. The minimum Gasteiger partial charge on any atom is -0.391 e. The topological polar surface area (TPSA) is 50.9 Å². The first-order valence-electron chi connectivity index (χ1n) is 5.92. The van der Waals surface area contributed by atoms with E-state index in [0.717, 1.165) is 12.1 Å². The molecule has 0 saturated heterocycles. The standard InChI is InChI=1S/C13H16ClN3O/c1-9(2)7-11-10(8-18)13(14)17(16-11)12-5-3-4-6-15-12/h3-6,9,18H,7-8H2,1-2H3. The van der Waals surface area contributed by atoms with Gasteiger partial charge in [0.1, 0.15) is 5.15 Å². The van der Waals surface area contributed by atoms with Gasteiger partial charge < -0.3 is 5.11 Å². The molecule has 2 heterocycles. The number of hydrogen-bond acceptors (Lipinski definition) is 3. The minimum absolute atomic E-state index is 0.103. The average molecular weight is 266 g/mol. The van der Waals surface area contributed by atoms with Crippen LogP contribution in [0.2, 0.25) is 5.15 Å². The molecule has 0 saturated carbocycles. The van der Waals surface area contributed by atoms with Crippen LogP contribution >= 0.6 is 11.6 Å². The Balaban J connectivity index is 2.47. The van der Waals surface area contributed by atoms with Gasteiger partial charge in [0.2, 0.25) is 0 Å². The maximum absolute atomic E-state index is 9.41. The second-order valence-corrected chi connectivity index (χ2v) is 4.93. The first-order chi connectivity index (χ1) is 8.63. The third-order valence-electron chi connectivity index (χ3n) is 2.63. The second kappa shape index (κ2) is 5.50. The molecule has 0 aliphatic rings. The number of aliphatic hydroxyl groups excluding tert-OH is 1. The van der Waals surface area contributed by atoms with Crippen molar-refractivity contribution in [3.05, 3.63) is 40.8 Å². The molecule has 0 amide bonds. The van der Waals surface area contributed by atoms with Crippen LogP contribution in [0.25, 0.3) is 5.82 Å². The molecule has 0 bridgehead atoms. The highest BCUT2D eigenvalue weighted by molar-refractivity contribution is 6.30. The van der Waals surface area contributed by atoms with E-state index in [1.165, 1.54) is 0 Å². The van der Waals surface area contributed by atoms with Gasteiger partial charge in [-0.2, -0.15) is 5.10 Å². The quantitative estimate of drug-likeness (QED) is 0.925. The van der Waals surface area contributed by atoms with E-state index < -0.39 is 0 Å². The summed E-state index contributed by atoms with van der Waals surface area (Å²) >= 11 is 6.25. The van der Waals surface area contributed by atoms with Crippen molar-refractivity contribution in [1.29, 1.82) is 0 Å². The molecule has 0 fully saturated rings. The highest BCUT2D eigenvalue weighted by Gasteiger charge is 2.17. The van der Waals surface area contributed by atoms with E-state index in [1.807, 2.05) is 18.2 Å². The molecule has 0 atom stereocenters. The Morgan fingerprint density at radius 2 is 2.17 bits per heavy atom. The van der Waals surface area contributed by atoms with E-state index in [4.69, 9.17) is 11.6 Å². The number of halogens is 1. The van der Waals surface area contributed by atoms with Gasteiger partial charge in [-0.1, -0.05) is 31.5 Å². The maximum atomic E-state index is 9.41. The zero-order chi connectivity index (χ0) is 13.1. The first-order valence-corrected chi connectivity index (χ1v) is 6.29. The van der Waals surface area contributed by atoms with Gasteiger partial charge in [0.25, 0.3) is 0 Å². The molecule has 96 valence electrons. The van der Waals surface area contributed by atoms with Crippen molar-refractivity contribution in [2.45, 2.75) is 26.9 Å². The second-order valence-electron chi connectivity index (χ2n) is 4.57. The molecule has 18 heavy (non-hydrogen) atoms. The summed E-state index contributed by atoms with van der Waals surface area (Å²) in [6.45, 7) is 4.11. The molecule has 0 aromatic carbocycles. The summed E-state index contributed by atoms with van der Waals surface area (Å²) in [6, 6.07) is 5.54. The van der Waals surface area contributed by atoms with Gasteiger partial charge in [-0.15, -0.1) is 0 Å². The SMILES string of the molecule is CC(C)Cc1nn(-c2ccccn2)c(Cl)c1CO. The van der Waals surface area contributed by atoms with Crippen molar-refractivity contribution in [2.75, 3.05) is 0 Å². The van der Waals surface area contributed by atoms with Crippen molar-refractivity contribution in [3.8, 4) is 5.82 Å². The largest absolute Gasteiger partial charge is 0.391 e. The molecule has 0 aliphatic carbocycles. The molecule has 2 rings (SSSR count). The number of aromatic nitrogens is 3. The van der Waals surface area contributed by atoms with E-state index in [2.05, 4.69) is 23.9 Å². The van der Waals surface area contributed by atoms with Crippen LogP contribution < -0.4 is 0 Å². The van der Waals surface area contributed by atoms with Crippen molar-refractivity contribution >= 4 is 11.6 Å². The fourth-order valence-corrected chi connectivity index (χ4v) is 2.10. The van der Waals surface area contributed by atoms with Crippen LogP contribution in [0, 0.1) is 5.92 Å². The van der Waals surface area contributed by atoms with Crippen molar-refractivity contribution < 1.29 is 5.11 Å². The summed E-state index contributed by atoms with van der Waals surface area (Å²) in [5, 5.41) is 14.3. The average Bonchev–Trinajstić information content (AvgIpc) is 2.66. The predicted octanol–water partition coefficient (Wildman–Crippen LogP) is 2.61. The van der Waals surface area contributed by atoms with Crippen LogP contribution in [-0.2, 0) is 13.0 Å². The Morgan fingerprint density at radius 3 is 2.72 bits per heavy atom. The van der Waals surface area contributed by atoms with Crippen molar-refractivity contribution in [3.63, 3.8) is 0 Å². The van der Waals surface area contributed by atoms with Crippen LogP contribution in [0.3, 0.4) is 0 Å². The Morgan fingerprint density at radius 1 is 1.39 bits per heavy atom. The summed E-state index contributed by atoms with van der Waals surface area (Å²) in [4.78, 5) is 4.21. The molecule has 0 radical (unpaired) electrons. The highest BCUT2D eigenvalue weighted by atomic mass is 35.5. The number of rotatable bonds is 4. The maximum Gasteiger partial charge on any atom is 0.155 e. The Kier molecular flexibility index (Phi) is 3.99. The van der Waals surface area contributed by atoms with Crippen molar-refractivity contribution in [2.24, 2.45) is 5.92 Å². The van der Waals surface area contributed by atoms with Crippen molar-refractivity contribution in [1.82, 2.24) is 14.8 Å². The first kappa shape index (κ1) is 13.1. The third kappa shape index (κ3) is 2.54. The molecule has 2 aromatic rings. The van der Waals surface area contributed by atoms with Crippen LogP contribution in [0.1, 0.15) is 25.1 Å². The summed E-state index contributed by atoms with van der Waals surface area (Å²) in [7, 11) is 0. The lowest BCUT2D eigenvalue weighted by molar-refractivity contribution is 0.280. The summed E-state index contributed by atoms with van der Waals surface area (Å²) < 4.78 is 1.57.